The van der Waals surface area contributed by atoms with Gasteiger partial charge in [0.1, 0.15) is 5.82 Å². The van der Waals surface area contributed by atoms with E-state index >= 15 is 0 Å². The lowest BCUT2D eigenvalue weighted by atomic mass is 9.92. The number of pyridine rings is 1. The van der Waals surface area contributed by atoms with Crippen LogP contribution in [0, 0.1) is 5.82 Å². The zero-order chi connectivity index (χ0) is 22.0. The number of aliphatic hydroxyl groups is 2. The summed E-state index contributed by atoms with van der Waals surface area (Å²) in [5.41, 5.74) is 4.43. The molecule has 0 unspecified atom stereocenters. The van der Waals surface area contributed by atoms with Crippen molar-refractivity contribution >= 4 is 46.0 Å². The average molecular weight is 448 g/mol. The number of carboxylic acid groups (broad SMARTS) is 1. The van der Waals surface area contributed by atoms with Crippen LogP contribution in [0.1, 0.15) is 42.9 Å². The maximum Gasteiger partial charge on any atom is 0.316 e. The lowest BCUT2D eigenvalue weighted by Gasteiger charge is -2.16. The number of hydrogen-bond donors (Lipinski definition) is 3. The van der Waals surface area contributed by atoms with Gasteiger partial charge in [-0.1, -0.05) is 42.5 Å². The molecule has 2 aromatic carbocycles. The number of rotatable bonds is 8. The summed E-state index contributed by atoms with van der Waals surface area (Å²) in [6, 6.07) is 14.1. The standard InChI is InChI=1S/C25H24FNO4.Mg.2H/c26-17-9-7-15(8-10-17)24-20-3-1-2-4-22(20)27-25(16-5-6-16)21(24)12-11-18(28)13-19(29)14-23(30)31;;;/h1-4,7-12,16,18-19,28-29H,5-6,13-14H2,(H,30,31);;;/b12-11+;;;/t18-,19-;;;/m1.../s1. The van der Waals surface area contributed by atoms with Gasteiger partial charge in [-0.15, -0.1) is 0 Å². The monoisotopic (exact) mass is 447 g/mol. The molecule has 0 spiro atoms. The number of aromatic nitrogens is 1. The molecular weight excluding hydrogens is 422 g/mol. The molecule has 0 bridgehead atoms. The zero-order valence-corrected chi connectivity index (χ0v) is 16.9. The van der Waals surface area contributed by atoms with E-state index in [0.717, 1.165) is 46.1 Å². The summed E-state index contributed by atoms with van der Waals surface area (Å²) in [6.45, 7) is 0. The molecule has 4 rings (SSSR count). The van der Waals surface area contributed by atoms with Crippen molar-refractivity contribution in [1.82, 2.24) is 4.98 Å². The minimum absolute atomic E-state index is 0. The summed E-state index contributed by atoms with van der Waals surface area (Å²) in [5, 5.41) is 29.9. The number of aliphatic carboxylic acids is 1. The van der Waals surface area contributed by atoms with E-state index in [2.05, 4.69) is 0 Å². The number of carbonyl (C=O) groups is 1. The molecule has 2 atom stereocenters. The smallest absolute Gasteiger partial charge is 0.316 e. The van der Waals surface area contributed by atoms with Crippen molar-refractivity contribution < 1.29 is 24.5 Å². The molecule has 1 aromatic heterocycles. The first kappa shape index (κ1) is 24.3. The molecule has 164 valence electrons. The van der Waals surface area contributed by atoms with E-state index in [-0.39, 0.29) is 35.3 Å². The first-order valence-electron chi connectivity index (χ1n) is 10.4. The van der Waals surface area contributed by atoms with Crippen LogP contribution in [0.5, 0.6) is 0 Å². The maximum absolute atomic E-state index is 13.6. The lowest BCUT2D eigenvalue weighted by Crippen LogP contribution is -2.19. The van der Waals surface area contributed by atoms with Gasteiger partial charge in [0.05, 0.1) is 29.8 Å². The first-order valence-corrected chi connectivity index (χ1v) is 10.4. The average Bonchev–Trinajstić information content (AvgIpc) is 3.56. The van der Waals surface area contributed by atoms with Crippen LogP contribution in [0.2, 0.25) is 0 Å². The molecule has 3 aromatic rings. The Morgan fingerprint density at radius 1 is 1.12 bits per heavy atom. The molecule has 0 aliphatic heterocycles. The second-order valence-electron chi connectivity index (χ2n) is 8.00. The SMILES string of the molecule is O=C(O)C[C@H](O)C[C@H](O)/C=C/c1c(C2CC2)nc2ccccc2c1-c1ccc(F)cc1.[MgH2]. The quantitative estimate of drug-likeness (QED) is 0.459. The molecule has 1 heterocycles. The van der Waals surface area contributed by atoms with Gasteiger partial charge in [-0.2, -0.15) is 0 Å². The molecule has 1 aliphatic rings. The van der Waals surface area contributed by atoms with E-state index in [1.54, 1.807) is 24.3 Å². The van der Waals surface area contributed by atoms with Crippen molar-refractivity contribution in [3.05, 3.63) is 71.7 Å². The molecule has 5 nitrogen and oxygen atoms in total. The third kappa shape index (κ3) is 5.72. The van der Waals surface area contributed by atoms with Crippen molar-refractivity contribution in [2.75, 3.05) is 0 Å². The Labute approximate surface area is 201 Å². The summed E-state index contributed by atoms with van der Waals surface area (Å²) >= 11 is 0. The molecule has 0 radical (unpaired) electrons. The van der Waals surface area contributed by atoms with Crippen LogP contribution in [-0.4, -0.2) is 61.5 Å². The number of carboxylic acids is 1. The topological polar surface area (TPSA) is 90.7 Å². The number of benzene rings is 2. The number of hydrogen-bond acceptors (Lipinski definition) is 4. The highest BCUT2D eigenvalue weighted by atomic mass is 24.3. The van der Waals surface area contributed by atoms with Gasteiger partial charge >= 0.3 is 29.0 Å². The highest BCUT2D eigenvalue weighted by Crippen LogP contribution is 2.45. The molecule has 1 saturated carbocycles. The van der Waals surface area contributed by atoms with E-state index in [1.165, 1.54) is 12.1 Å². The number of para-hydroxylation sites is 1. The Morgan fingerprint density at radius 3 is 2.47 bits per heavy atom. The maximum atomic E-state index is 13.6. The molecule has 3 N–H and O–H groups in total. The van der Waals surface area contributed by atoms with Gasteiger partial charge in [-0.3, -0.25) is 9.78 Å². The zero-order valence-electron chi connectivity index (χ0n) is 16.9. The van der Waals surface area contributed by atoms with Gasteiger partial charge in [0.15, 0.2) is 0 Å². The fourth-order valence-electron chi connectivity index (χ4n) is 3.86. The highest BCUT2D eigenvalue weighted by molar-refractivity contribution is 5.99. The molecule has 0 saturated heterocycles. The minimum Gasteiger partial charge on any atom is -0.481 e. The van der Waals surface area contributed by atoms with Crippen LogP contribution in [0.15, 0.2) is 54.6 Å². The lowest BCUT2D eigenvalue weighted by molar-refractivity contribution is -0.139. The number of aliphatic hydroxyl groups excluding tert-OH is 2. The third-order valence-electron chi connectivity index (χ3n) is 5.47. The predicted molar refractivity (Wildman–Crippen MR) is 126 cm³/mol. The van der Waals surface area contributed by atoms with Gasteiger partial charge < -0.3 is 15.3 Å². The van der Waals surface area contributed by atoms with E-state index < -0.39 is 24.6 Å². The van der Waals surface area contributed by atoms with Crippen molar-refractivity contribution in [3.8, 4) is 11.1 Å². The number of nitrogens with zero attached hydrogens (tertiary/aromatic N) is 1. The summed E-state index contributed by atoms with van der Waals surface area (Å²) in [7, 11) is 0. The van der Waals surface area contributed by atoms with E-state index in [0.29, 0.717) is 5.92 Å². The van der Waals surface area contributed by atoms with Crippen molar-refractivity contribution in [3.63, 3.8) is 0 Å². The Balaban J connectivity index is 0.00000289. The second-order valence-corrected chi connectivity index (χ2v) is 8.00. The molecule has 0 amide bonds. The molecule has 1 fully saturated rings. The van der Waals surface area contributed by atoms with Crippen LogP contribution < -0.4 is 0 Å². The number of halogens is 1. The number of fused-ring (bicyclic) bond motifs is 1. The van der Waals surface area contributed by atoms with Gasteiger partial charge in [0.2, 0.25) is 0 Å². The highest BCUT2D eigenvalue weighted by Gasteiger charge is 2.29. The summed E-state index contributed by atoms with van der Waals surface area (Å²) in [6.07, 6.45) is 2.80. The van der Waals surface area contributed by atoms with Gasteiger partial charge in [-0.25, -0.2) is 4.39 Å². The van der Waals surface area contributed by atoms with Gasteiger partial charge in [0.25, 0.3) is 0 Å². The van der Waals surface area contributed by atoms with Crippen LogP contribution in [0.25, 0.3) is 28.1 Å². The van der Waals surface area contributed by atoms with Crippen molar-refractivity contribution in [2.45, 2.75) is 43.8 Å². The normalized spacial score (nSPS) is 15.5. The van der Waals surface area contributed by atoms with Crippen LogP contribution >= 0.6 is 0 Å². The molecule has 1 aliphatic carbocycles. The van der Waals surface area contributed by atoms with Gasteiger partial charge in [-0.05, 0) is 36.6 Å². The molecular formula is C25H26FMgNO4. The largest absolute Gasteiger partial charge is 0.481 e. The molecule has 7 heteroatoms. The van der Waals surface area contributed by atoms with E-state index in [9.17, 15) is 19.4 Å². The Hall–Kier alpha value is -2.32. The Bertz CT molecular complexity index is 1130. The van der Waals surface area contributed by atoms with Gasteiger partial charge in [0, 0.05) is 28.9 Å². The Morgan fingerprint density at radius 2 is 1.81 bits per heavy atom. The fourth-order valence-corrected chi connectivity index (χ4v) is 3.86. The van der Waals surface area contributed by atoms with E-state index in [4.69, 9.17) is 10.1 Å². The first-order chi connectivity index (χ1) is 14.9. The van der Waals surface area contributed by atoms with Crippen molar-refractivity contribution in [1.29, 1.82) is 0 Å². The fraction of sp³-hybridized carbons (Fsp3) is 0.280. The minimum atomic E-state index is -1.13. The molecule has 32 heavy (non-hydrogen) atoms. The van der Waals surface area contributed by atoms with Crippen molar-refractivity contribution in [2.24, 2.45) is 0 Å². The Kier molecular flexibility index (Phi) is 8.00. The summed E-state index contributed by atoms with van der Waals surface area (Å²) in [5.74, 6) is -1.10. The van der Waals surface area contributed by atoms with Crippen LogP contribution in [-0.2, 0) is 4.79 Å². The third-order valence-corrected chi connectivity index (χ3v) is 5.47. The second kappa shape index (κ2) is 10.5. The van der Waals surface area contributed by atoms with Crippen LogP contribution in [0.3, 0.4) is 0 Å². The predicted octanol–water partition coefficient (Wildman–Crippen LogP) is 3.60. The van der Waals surface area contributed by atoms with E-state index in [1.807, 2.05) is 24.3 Å². The van der Waals surface area contributed by atoms with Crippen LogP contribution in [0.4, 0.5) is 4.39 Å². The summed E-state index contributed by atoms with van der Waals surface area (Å²) < 4.78 is 13.6. The summed E-state index contributed by atoms with van der Waals surface area (Å²) in [4.78, 5) is 15.6.